The molecule has 0 radical (unpaired) electrons. The highest BCUT2D eigenvalue weighted by Gasteiger charge is 1.80. The van der Waals surface area contributed by atoms with Crippen LogP contribution in [0.15, 0.2) is 0 Å². The first-order valence-electron chi connectivity index (χ1n) is 6.47. The Kier molecular flexibility index (Phi) is 135. The fraction of sp³-hybridized carbons (Fsp3) is 0.867. The molecule has 0 unspecified atom stereocenters. The van der Waals surface area contributed by atoms with E-state index in [1.54, 1.807) is 6.92 Å². The van der Waals surface area contributed by atoms with Crippen LogP contribution in [-0.4, -0.2) is 0 Å². The molecule has 0 aromatic heterocycles. The summed E-state index contributed by atoms with van der Waals surface area (Å²) < 4.78 is 0. The third-order valence-electron chi connectivity index (χ3n) is 0.816. The van der Waals surface area contributed by atoms with Gasteiger partial charge in [-0.2, -0.15) is 0 Å². The molecule has 0 saturated heterocycles. The summed E-state index contributed by atoms with van der Waals surface area (Å²) in [5.74, 6) is 3.13. The fourth-order valence-electron chi connectivity index (χ4n) is 0. The Morgan fingerprint density at radius 3 is 1.00 bits per heavy atom. The molecule has 96 valence electrons. The summed E-state index contributed by atoms with van der Waals surface area (Å²) in [6.07, 6.45) is 7.15. The second-order valence-electron chi connectivity index (χ2n) is 2.80. The Morgan fingerprint density at radius 1 is 0.933 bits per heavy atom. The Labute approximate surface area is 101 Å². The van der Waals surface area contributed by atoms with E-state index in [-0.39, 0.29) is 0 Å². The number of hydrogen-bond acceptors (Lipinski definition) is 0. The monoisotopic (exact) mass is 216 g/mol. The topological polar surface area (TPSA) is 0 Å². The lowest BCUT2D eigenvalue weighted by molar-refractivity contribution is 0.626. The van der Waals surface area contributed by atoms with Crippen molar-refractivity contribution in [2.45, 2.75) is 82.1 Å². The minimum atomic E-state index is 0.884. The fourth-order valence-corrected chi connectivity index (χ4v) is 0. The second-order valence-corrected chi connectivity index (χ2v) is 2.80. The Bertz CT molecular complexity index is 64.6. The van der Waals surface area contributed by atoms with Gasteiger partial charge in [0.05, 0.1) is 0 Å². The predicted molar refractivity (Wildman–Crippen MR) is 78.3 cm³/mol. The Balaban J connectivity index is -0.0000000296. The predicted octanol–water partition coefficient (Wildman–Crippen LogP) is 6.16. The van der Waals surface area contributed by atoms with Crippen molar-refractivity contribution < 1.29 is 0 Å². The van der Waals surface area contributed by atoms with E-state index in [1.165, 1.54) is 12.8 Å². The summed E-state index contributed by atoms with van der Waals surface area (Å²) in [5.41, 5.74) is 0. The molecule has 0 saturated carbocycles. The largest absolute Gasteiger partial charge is 0.120 e. The number of hydrogen-bond donors (Lipinski definition) is 0. The summed E-state index contributed by atoms with van der Waals surface area (Å²) in [6, 6.07) is 0. The third-order valence-corrected chi connectivity index (χ3v) is 0.816. The molecule has 0 rings (SSSR count). The minimum absolute atomic E-state index is 0.884. The van der Waals surface area contributed by atoms with Gasteiger partial charge in [0, 0.05) is 0 Å². The summed E-state index contributed by atoms with van der Waals surface area (Å²) in [4.78, 5) is 0. The highest BCUT2D eigenvalue weighted by molar-refractivity contribution is 4.73. The molecule has 0 fully saturated rings. The van der Waals surface area contributed by atoms with E-state index in [1.807, 2.05) is 27.7 Å². The van der Waals surface area contributed by atoms with Crippen LogP contribution in [0, 0.1) is 18.3 Å². The smallest absolute Gasteiger partial charge is 0.00297 e. The van der Waals surface area contributed by atoms with E-state index in [9.17, 15) is 0 Å². The highest BCUT2D eigenvalue weighted by Crippen LogP contribution is 1.93. The average molecular weight is 216 g/mol. The van der Waals surface area contributed by atoms with Crippen LogP contribution in [0.4, 0.5) is 0 Å². The zero-order valence-electron chi connectivity index (χ0n) is 13.1. The third kappa shape index (κ3) is 745. The van der Waals surface area contributed by atoms with Crippen molar-refractivity contribution in [2.24, 2.45) is 5.92 Å². The summed E-state index contributed by atoms with van der Waals surface area (Å²) in [7, 11) is 0. The van der Waals surface area contributed by atoms with Crippen molar-refractivity contribution in [2.75, 3.05) is 0 Å². The molecule has 0 aliphatic carbocycles. The lowest BCUT2D eigenvalue weighted by Crippen LogP contribution is -1.77. The van der Waals surface area contributed by atoms with Crippen LogP contribution in [0.2, 0.25) is 0 Å². The van der Waals surface area contributed by atoms with Gasteiger partial charge in [0.1, 0.15) is 0 Å². The van der Waals surface area contributed by atoms with Gasteiger partial charge < -0.3 is 0 Å². The van der Waals surface area contributed by atoms with E-state index in [0.29, 0.717) is 0 Å². The minimum Gasteiger partial charge on any atom is -0.120 e. The first kappa shape index (κ1) is 29.3. The van der Waals surface area contributed by atoms with Crippen molar-refractivity contribution in [3.05, 3.63) is 0 Å². The maximum atomic E-state index is 4.60. The molecule has 0 aliphatic rings. The summed E-state index contributed by atoms with van der Waals surface area (Å²) in [5, 5.41) is 0. The maximum absolute atomic E-state index is 4.60. The van der Waals surface area contributed by atoms with Crippen LogP contribution in [0.1, 0.15) is 82.1 Å². The molecule has 0 nitrogen and oxygen atoms in total. The van der Waals surface area contributed by atoms with Gasteiger partial charge in [0.25, 0.3) is 0 Å². The van der Waals surface area contributed by atoms with Crippen molar-refractivity contribution in [3.8, 4) is 12.3 Å². The Morgan fingerprint density at radius 2 is 1.00 bits per heavy atom. The molecule has 0 heterocycles. The molecule has 0 heteroatoms. The molecule has 0 aromatic carbocycles. The quantitative estimate of drug-likeness (QED) is 0.460. The Hall–Kier alpha value is -0.440. The molecule has 0 atom stereocenters. The van der Waals surface area contributed by atoms with Crippen molar-refractivity contribution in [1.82, 2.24) is 0 Å². The lowest BCUT2D eigenvalue weighted by Gasteiger charge is -1.90. The number of terminal acetylenes is 1. The molecule has 0 aromatic rings. The lowest BCUT2D eigenvalue weighted by atomic mass is 10.2. The van der Waals surface area contributed by atoms with Crippen LogP contribution in [0.25, 0.3) is 0 Å². The zero-order chi connectivity index (χ0) is 13.7. The first-order valence-corrected chi connectivity index (χ1v) is 6.47. The SMILES string of the molecule is C#CC.CC.CC.CCC.CCC(C)C. The van der Waals surface area contributed by atoms with Gasteiger partial charge in [-0.3, -0.25) is 0 Å². The van der Waals surface area contributed by atoms with Crippen LogP contribution < -0.4 is 0 Å². The molecule has 0 N–H and O–H groups in total. The second kappa shape index (κ2) is 69.2. The van der Waals surface area contributed by atoms with Crippen molar-refractivity contribution >= 4 is 0 Å². The van der Waals surface area contributed by atoms with Gasteiger partial charge in [0.15, 0.2) is 0 Å². The standard InChI is InChI=1S/C5H12.C3H8.C3H4.2C2H6/c1-4-5(2)3;2*1-3-2;2*1-2/h5H,4H2,1-3H3;3H2,1-2H3;1H,2H3;2*1-2H3. The van der Waals surface area contributed by atoms with E-state index in [2.05, 4.69) is 47.0 Å². The molecular weight excluding hydrogens is 180 g/mol. The normalized spacial score (nSPS) is 5.73. The molecule has 0 bridgehead atoms. The van der Waals surface area contributed by atoms with Crippen LogP contribution in [-0.2, 0) is 0 Å². The van der Waals surface area contributed by atoms with E-state index < -0.39 is 0 Å². The molecule has 0 spiro atoms. The van der Waals surface area contributed by atoms with E-state index in [0.717, 1.165) is 5.92 Å². The zero-order valence-corrected chi connectivity index (χ0v) is 13.1. The van der Waals surface area contributed by atoms with Crippen molar-refractivity contribution in [3.63, 3.8) is 0 Å². The van der Waals surface area contributed by atoms with Gasteiger partial charge in [-0.05, 0) is 12.8 Å². The summed E-state index contributed by atoms with van der Waals surface area (Å²) in [6.45, 7) is 20.5. The van der Waals surface area contributed by atoms with Crippen molar-refractivity contribution in [1.29, 1.82) is 0 Å². The summed E-state index contributed by atoms with van der Waals surface area (Å²) >= 11 is 0. The number of rotatable bonds is 1. The molecule has 0 amide bonds. The van der Waals surface area contributed by atoms with E-state index in [4.69, 9.17) is 0 Å². The van der Waals surface area contributed by atoms with Crippen LogP contribution in [0.5, 0.6) is 0 Å². The van der Waals surface area contributed by atoms with Crippen LogP contribution >= 0.6 is 0 Å². The maximum Gasteiger partial charge on any atom is -0.00297 e. The van der Waals surface area contributed by atoms with Gasteiger partial charge >= 0.3 is 0 Å². The van der Waals surface area contributed by atoms with Gasteiger partial charge in [-0.1, -0.05) is 75.2 Å². The average Bonchev–Trinajstić information content (AvgIpc) is 2.26. The molecule has 15 heavy (non-hydrogen) atoms. The van der Waals surface area contributed by atoms with Gasteiger partial charge in [0.2, 0.25) is 0 Å². The highest BCUT2D eigenvalue weighted by atomic mass is 13.9. The molecular formula is C15H36. The van der Waals surface area contributed by atoms with Gasteiger partial charge in [-0.25, -0.2) is 0 Å². The van der Waals surface area contributed by atoms with Gasteiger partial charge in [-0.15, -0.1) is 12.3 Å². The first-order chi connectivity index (χ1) is 7.10. The van der Waals surface area contributed by atoms with E-state index >= 15 is 0 Å². The van der Waals surface area contributed by atoms with Crippen LogP contribution in [0.3, 0.4) is 0 Å². The molecule has 0 aliphatic heterocycles.